The molecule has 0 atom stereocenters. The highest BCUT2D eigenvalue weighted by Gasteiger charge is 2.33. The van der Waals surface area contributed by atoms with Gasteiger partial charge in [0, 0.05) is 18.5 Å². The maximum Gasteiger partial charge on any atom is 0.265 e. The monoisotopic (exact) mass is 305 g/mol. The summed E-state index contributed by atoms with van der Waals surface area (Å²) in [6.07, 6.45) is 3.15. The zero-order valence-electron chi connectivity index (χ0n) is 8.61. The Bertz CT molecular complexity index is 352. The maximum atomic E-state index is 11.9. The van der Waals surface area contributed by atoms with Crippen LogP contribution in [0.25, 0.3) is 0 Å². The summed E-state index contributed by atoms with van der Waals surface area (Å²) in [5.74, 6) is -0.101. The molecule has 1 amide bonds. The van der Waals surface area contributed by atoms with Crippen molar-refractivity contribution in [3.8, 4) is 0 Å². The molecule has 2 heterocycles. The third kappa shape index (κ3) is 2.58. The average Bonchev–Trinajstić information content (AvgIpc) is 2.84. The summed E-state index contributed by atoms with van der Waals surface area (Å²) >= 11 is 4.57. The van der Waals surface area contributed by atoms with Crippen LogP contribution in [0, 0.1) is 0 Å². The van der Waals surface area contributed by atoms with E-state index in [1.54, 1.807) is 0 Å². The molecule has 0 spiro atoms. The highest BCUT2D eigenvalue weighted by atomic mass is 79.9. The number of ether oxygens (including phenoxy) is 1. The van der Waals surface area contributed by atoms with Crippen molar-refractivity contribution in [3.63, 3.8) is 0 Å². The number of nitrogens with zero attached hydrogens (tertiary/aromatic N) is 2. The number of carbonyl (C=O) groups is 1. The van der Waals surface area contributed by atoms with Gasteiger partial charge >= 0.3 is 0 Å². The zero-order chi connectivity index (χ0) is 11.4. The lowest BCUT2D eigenvalue weighted by atomic mass is 9.92. The van der Waals surface area contributed by atoms with Gasteiger partial charge < -0.3 is 10.1 Å². The van der Waals surface area contributed by atoms with E-state index in [2.05, 4.69) is 30.8 Å². The molecule has 0 aliphatic carbocycles. The highest BCUT2D eigenvalue weighted by molar-refractivity contribution is 9.09. The van der Waals surface area contributed by atoms with E-state index in [0.29, 0.717) is 18.1 Å². The molecule has 1 aliphatic heterocycles. The Morgan fingerprint density at radius 1 is 1.62 bits per heavy atom. The molecule has 1 fully saturated rings. The van der Waals surface area contributed by atoms with Gasteiger partial charge in [0.2, 0.25) is 0 Å². The van der Waals surface area contributed by atoms with Gasteiger partial charge in [-0.3, -0.25) is 4.79 Å². The first-order valence-electron chi connectivity index (χ1n) is 4.99. The highest BCUT2D eigenvalue weighted by Crippen LogP contribution is 2.23. The SMILES string of the molecule is O=C(NC1(CBr)CCOCC1)c1cnns1. The maximum absolute atomic E-state index is 11.9. The van der Waals surface area contributed by atoms with Crippen molar-refractivity contribution in [3.05, 3.63) is 11.1 Å². The Kier molecular flexibility index (Phi) is 3.88. The average molecular weight is 306 g/mol. The molecule has 7 heteroatoms. The Balaban J connectivity index is 2.03. The second-order valence-electron chi connectivity index (χ2n) is 3.76. The molecule has 0 aromatic carbocycles. The molecule has 0 unspecified atom stereocenters. The zero-order valence-corrected chi connectivity index (χ0v) is 11.0. The Labute approximate surface area is 106 Å². The third-order valence-electron chi connectivity index (χ3n) is 2.67. The first kappa shape index (κ1) is 11.9. The van der Waals surface area contributed by atoms with Crippen molar-refractivity contribution in [1.82, 2.24) is 14.9 Å². The molecule has 1 saturated heterocycles. The second-order valence-corrected chi connectivity index (χ2v) is 5.11. The predicted molar refractivity (Wildman–Crippen MR) is 64.0 cm³/mol. The van der Waals surface area contributed by atoms with Gasteiger partial charge in [0.1, 0.15) is 4.88 Å². The predicted octanol–water partition coefficient (Wildman–Crippen LogP) is 1.21. The van der Waals surface area contributed by atoms with Gasteiger partial charge in [0.25, 0.3) is 5.91 Å². The van der Waals surface area contributed by atoms with Gasteiger partial charge in [0.15, 0.2) is 0 Å². The van der Waals surface area contributed by atoms with E-state index in [1.165, 1.54) is 6.20 Å². The molecule has 1 aliphatic rings. The normalized spacial score (nSPS) is 19.3. The van der Waals surface area contributed by atoms with Crippen molar-refractivity contribution in [1.29, 1.82) is 0 Å². The Hall–Kier alpha value is -0.530. The number of hydrogen-bond acceptors (Lipinski definition) is 5. The van der Waals surface area contributed by atoms with Crippen molar-refractivity contribution in [2.75, 3.05) is 18.5 Å². The summed E-state index contributed by atoms with van der Waals surface area (Å²) in [6.45, 7) is 1.37. The molecule has 1 aromatic rings. The minimum atomic E-state index is -0.195. The molecule has 1 N–H and O–H groups in total. The molecule has 16 heavy (non-hydrogen) atoms. The minimum Gasteiger partial charge on any atom is -0.381 e. The van der Waals surface area contributed by atoms with Gasteiger partial charge in [-0.1, -0.05) is 20.4 Å². The van der Waals surface area contributed by atoms with Gasteiger partial charge in [-0.05, 0) is 24.4 Å². The molecule has 2 rings (SSSR count). The van der Waals surface area contributed by atoms with E-state index >= 15 is 0 Å². The molecule has 0 radical (unpaired) electrons. The number of carbonyl (C=O) groups excluding carboxylic acids is 1. The topological polar surface area (TPSA) is 64.1 Å². The van der Waals surface area contributed by atoms with E-state index in [0.717, 1.165) is 29.7 Å². The van der Waals surface area contributed by atoms with Crippen LogP contribution in [-0.2, 0) is 4.74 Å². The second kappa shape index (κ2) is 5.20. The van der Waals surface area contributed by atoms with Crippen molar-refractivity contribution >= 4 is 33.4 Å². The van der Waals surface area contributed by atoms with Crippen LogP contribution in [0.4, 0.5) is 0 Å². The van der Waals surface area contributed by atoms with Gasteiger partial charge in [-0.2, -0.15) is 0 Å². The molecule has 5 nitrogen and oxygen atoms in total. The number of nitrogens with one attached hydrogen (secondary N) is 1. The van der Waals surface area contributed by atoms with Crippen LogP contribution in [-0.4, -0.2) is 39.6 Å². The lowest BCUT2D eigenvalue weighted by Gasteiger charge is -2.36. The fraction of sp³-hybridized carbons (Fsp3) is 0.667. The van der Waals surface area contributed by atoms with Crippen molar-refractivity contribution in [2.24, 2.45) is 0 Å². The molecule has 0 bridgehead atoms. The molecule has 0 saturated carbocycles. The first-order valence-corrected chi connectivity index (χ1v) is 6.89. The number of hydrogen-bond donors (Lipinski definition) is 1. The smallest absolute Gasteiger partial charge is 0.265 e. The van der Waals surface area contributed by atoms with Crippen LogP contribution in [0.15, 0.2) is 6.20 Å². The van der Waals surface area contributed by atoms with Crippen molar-refractivity contribution in [2.45, 2.75) is 18.4 Å². The summed E-state index contributed by atoms with van der Waals surface area (Å²) in [6, 6.07) is 0. The van der Waals surface area contributed by atoms with Crippen LogP contribution < -0.4 is 5.32 Å². The number of alkyl halides is 1. The summed E-state index contributed by atoms with van der Waals surface area (Å²) in [5.41, 5.74) is -0.195. The van der Waals surface area contributed by atoms with E-state index in [-0.39, 0.29) is 11.4 Å². The number of halogens is 1. The quantitative estimate of drug-likeness (QED) is 0.853. The van der Waals surface area contributed by atoms with E-state index in [1.807, 2.05) is 0 Å². The minimum absolute atomic E-state index is 0.101. The van der Waals surface area contributed by atoms with E-state index in [4.69, 9.17) is 4.74 Å². The lowest BCUT2D eigenvalue weighted by Crippen LogP contribution is -2.53. The standard InChI is InChI=1S/C9H12BrN3O2S/c10-6-9(1-3-15-4-2-9)12-8(14)7-5-11-13-16-7/h5H,1-4,6H2,(H,12,14). The third-order valence-corrected chi connectivity index (χ3v) is 4.41. The lowest BCUT2D eigenvalue weighted by molar-refractivity contribution is 0.0443. The van der Waals surface area contributed by atoms with Crippen LogP contribution in [0.1, 0.15) is 22.5 Å². The summed E-state index contributed by atoms with van der Waals surface area (Å²) in [7, 11) is 0. The summed E-state index contributed by atoms with van der Waals surface area (Å²) in [4.78, 5) is 12.4. The van der Waals surface area contributed by atoms with Crippen molar-refractivity contribution < 1.29 is 9.53 Å². The summed E-state index contributed by atoms with van der Waals surface area (Å²) in [5, 5.41) is 7.44. The van der Waals surface area contributed by atoms with Crippen LogP contribution in [0.5, 0.6) is 0 Å². The van der Waals surface area contributed by atoms with Crippen LogP contribution >= 0.6 is 27.5 Å². The Morgan fingerprint density at radius 3 is 2.94 bits per heavy atom. The fourth-order valence-electron chi connectivity index (χ4n) is 1.62. The van der Waals surface area contributed by atoms with Crippen LogP contribution in [0.3, 0.4) is 0 Å². The molecular weight excluding hydrogens is 294 g/mol. The largest absolute Gasteiger partial charge is 0.381 e. The molecule has 1 aromatic heterocycles. The van der Waals surface area contributed by atoms with Gasteiger partial charge in [-0.15, -0.1) is 5.10 Å². The van der Waals surface area contributed by atoms with E-state index in [9.17, 15) is 4.79 Å². The summed E-state index contributed by atoms with van der Waals surface area (Å²) < 4.78 is 8.98. The van der Waals surface area contributed by atoms with Gasteiger partial charge in [-0.25, -0.2) is 0 Å². The Morgan fingerprint density at radius 2 is 2.38 bits per heavy atom. The molecular formula is C9H12BrN3O2S. The first-order chi connectivity index (χ1) is 7.76. The van der Waals surface area contributed by atoms with Gasteiger partial charge in [0.05, 0.1) is 11.7 Å². The number of aromatic nitrogens is 2. The number of amides is 1. The van der Waals surface area contributed by atoms with E-state index < -0.39 is 0 Å². The van der Waals surface area contributed by atoms with Crippen LogP contribution in [0.2, 0.25) is 0 Å². The fourth-order valence-corrected chi connectivity index (χ4v) is 2.74. The molecule has 88 valence electrons. The number of rotatable bonds is 3.